The molecule has 0 aromatic carbocycles. The van der Waals surface area contributed by atoms with Gasteiger partial charge in [0.25, 0.3) is 0 Å². The number of carbonyl (C=O) groups excluding carboxylic acids is 1. The lowest BCUT2D eigenvalue weighted by Crippen LogP contribution is -2.41. The summed E-state index contributed by atoms with van der Waals surface area (Å²) in [5.41, 5.74) is 0. The Morgan fingerprint density at radius 1 is 1.43 bits per heavy atom. The summed E-state index contributed by atoms with van der Waals surface area (Å²) in [6.45, 7) is 6.09. The van der Waals surface area contributed by atoms with Gasteiger partial charge in [0.1, 0.15) is 12.7 Å². The highest BCUT2D eigenvalue weighted by Gasteiger charge is 2.26. The van der Waals surface area contributed by atoms with Gasteiger partial charge in [0, 0.05) is 19.5 Å². The summed E-state index contributed by atoms with van der Waals surface area (Å²) in [5.74, 6) is 0.868. The standard InChI is InChI=1S/C16H28N4O/c1-3-5-7-14(4-2)10-16(21)19-9-6-8-15(11-19)20-13-17-12-18-20/h12-15H,3-11H2,1-2H3. The van der Waals surface area contributed by atoms with Crippen molar-refractivity contribution in [3.05, 3.63) is 12.7 Å². The second-order valence-corrected chi connectivity index (χ2v) is 6.13. The summed E-state index contributed by atoms with van der Waals surface area (Å²) in [4.78, 5) is 18.6. The molecule has 2 atom stereocenters. The van der Waals surface area contributed by atoms with Crippen LogP contribution in [0.5, 0.6) is 0 Å². The van der Waals surface area contributed by atoms with Crippen LogP contribution in [0.25, 0.3) is 0 Å². The van der Waals surface area contributed by atoms with E-state index in [9.17, 15) is 4.79 Å². The largest absolute Gasteiger partial charge is 0.341 e. The quantitative estimate of drug-likeness (QED) is 0.776. The average molecular weight is 292 g/mol. The summed E-state index contributed by atoms with van der Waals surface area (Å²) in [7, 11) is 0. The molecule has 5 nitrogen and oxygen atoms in total. The van der Waals surface area contributed by atoms with E-state index in [2.05, 4.69) is 23.9 Å². The fourth-order valence-electron chi connectivity index (χ4n) is 3.12. The minimum absolute atomic E-state index is 0.293. The van der Waals surface area contributed by atoms with E-state index in [-0.39, 0.29) is 0 Å². The van der Waals surface area contributed by atoms with Crippen LogP contribution in [0, 0.1) is 5.92 Å². The smallest absolute Gasteiger partial charge is 0.222 e. The van der Waals surface area contributed by atoms with Crippen LogP contribution in [0.4, 0.5) is 0 Å². The number of nitrogens with zero attached hydrogens (tertiary/aromatic N) is 4. The molecule has 1 fully saturated rings. The van der Waals surface area contributed by atoms with E-state index < -0.39 is 0 Å². The van der Waals surface area contributed by atoms with Gasteiger partial charge in [0.15, 0.2) is 0 Å². The highest BCUT2D eigenvalue weighted by atomic mass is 16.2. The van der Waals surface area contributed by atoms with E-state index in [1.807, 2.05) is 9.58 Å². The maximum Gasteiger partial charge on any atom is 0.222 e. The van der Waals surface area contributed by atoms with E-state index in [1.54, 1.807) is 12.7 Å². The Bertz CT molecular complexity index is 418. The van der Waals surface area contributed by atoms with Crippen molar-refractivity contribution < 1.29 is 4.79 Å². The minimum Gasteiger partial charge on any atom is -0.341 e. The van der Waals surface area contributed by atoms with Gasteiger partial charge in [-0.05, 0) is 25.2 Å². The zero-order valence-electron chi connectivity index (χ0n) is 13.4. The Kier molecular flexibility index (Phi) is 6.21. The number of piperidine rings is 1. The third-order valence-corrected chi connectivity index (χ3v) is 4.57. The molecule has 0 aliphatic carbocycles. The number of hydrogen-bond acceptors (Lipinski definition) is 3. The van der Waals surface area contributed by atoms with Crippen molar-refractivity contribution in [2.24, 2.45) is 5.92 Å². The number of unbranched alkanes of at least 4 members (excludes halogenated alkanes) is 1. The predicted octanol–water partition coefficient (Wildman–Crippen LogP) is 3.05. The van der Waals surface area contributed by atoms with Crippen LogP contribution >= 0.6 is 0 Å². The molecule has 1 aromatic heterocycles. The first-order valence-electron chi connectivity index (χ1n) is 8.36. The molecule has 0 saturated carbocycles. The zero-order chi connectivity index (χ0) is 15.1. The summed E-state index contributed by atoms with van der Waals surface area (Å²) in [6, 6.07) is 0.293. The zero-order valence-corrected chi connectivity index (χ0v) is 13.4. The number of rotatable bonds is 7. The van der Waals surface area contributed by atoms with E-state index in [0.29, 0.717) is 24.3 Å². The summed E-state index contributed by atoms with van der Waals surface area (Å²) < 4.78 is 1.90. The van der Waals surface area contributed by atoms with Crippen LogP contribution in [0.3, 0.4) is 0 Å². The van der Waals surface area contributed by atoms with Crippen molar-refractivity contribution in [1.29, 1.82) is 0 Å². The van der Waals surface area contributed by atoms with Gasteiger partial charge in [0.05, 0.1) is 6.04 Å². The molecular formula is C16H28N4O. The molecule has 1 aromatic rings. The minimum atomic E-state index is 0.293. The molecule has 0 spiro atoms. The fourth-order valence-corrected chi connectivity index (χ4v) is 3.12. The average Bonchev–Trinajstić information content (AvgIpc) is 3.05. The van der Waals surface area contributed by atoms with Crippen molar-refractivity contribution in [1.82, 2.24) is 19.7 Å². The molecule has 2 rings (SSSR count). The lowest BCUT2D eigenvalue weighted by molar-refractivity contribution is -0.134. The van der Waals surface area contributed by atoms with Crippen LogP contribution in [0.15, 0.2) is 12.7 Å². The molecule has 21 heavy (non-hydrogen) atoms. The lowest BCUT2D eigenvalue weighted by atomic mass is 9.94. The summed E-state index contributed by atoms with van der Waals surface area (Å²) >= 11 is 0. The highest BCUT2D eigenvalue weighted by Crippen LogP contribution is 2.23. The summed E-state index contributed by atoms with van der Waals surface area (Å²) in [5, 5.41) is 4.22. The molecule has 2 unspecified atom stereocenters. The van der Waals surface area contributed by atoms with E-state index in [0.717, 1.165) is 32.4 Å². The van der Waals surface area contributed by atoms with Gasteiger partial charge in [-0.25, -0.2) is 9.67 Å². The van der Waals surface area contributed by atoms with Gasteiger partial charge in [0.2, 0.25) is 5.91 Å². The van der Waals surface area contributed by atoms with Gasteiger partial charge >= 0.3 is 0 Å². The first-order valence-corrected chi connectivity index (χ1v) is 8.36. The number of hydrogen-bond donors (Lipinski definition) is 0. The van der Waals surface area contributed by atoms with Crippen LogP contribution < -0.4 is 0 Å². The van der Waals surface area contributed by atoms with Crippen molar-refractivity contribution in [3.63, 3.8) is 0 Å². The number of amides is 1. The molecule has 0 bridgehead atoms. The first kappa shape index (κ1) is 16.0. The van der Waals surface area contributed by atoms with Crippen molar-refractivity contribution in [2.75, 3.05) is 13.1 Å². The number of likely N-dealkylation sites (tertiary alicyclic amines) is 1. The number of carbonyl (C=O) groups is 1. The van der Waals surface area contributed by atoms with E-state index in [1.165, 1.54) is 19.3 Å². The third-order valence-electron chi connectivity index (χ3n) is 4.57. The molecule has 2 heterocycles. The Labute approximate surface area is 127 Å². The summed E-state index contributed by atoms with van der Waals surface area (Å²) in [6.07, 6.45) is 10.9. The second kappa shape index (κ2) is 8.15. The maximum atomic E-state index is 12.5. The third kappa shape index (κ3) is 4.55. The highest BCUT2D eigenvalue weighted by molar-refractivity contribution is 5.76. The topological polar surface area (TPSA) is 51.0 Å². The van der Waals surface area contributed by atoms with Crippen LogP contribution in [0.2, 0.25) is 0 Å². The van der Waals surface area contributed by atoms with Crippen LogP contribution in [0.1, 0.15) is 64.8 Å². The van der Waals surface area contributed by atoms with Gasteiger partial charge in [-0.3, -0.25) is 4.79 Å². The van der Waals surface area contributed by atoms with Crippen molar-refractivity contribution in [2.45, 2.75) is 64.8 Å². The predicted molar refractivity (Wildman–Crippen MR) is 82.8 cm³/mol. The lowest BCUT2D eigenvalue weighted by Gasteiger charge is -2.33. The van der Waals surface area contributed by atoms with E-state index >= 15 is 0 Å². The molecule has 1 amide bonds. The Balaban J connectivity index is 1.86. The van der Waals surface area contributed by atoms with Crippen LogP contribution in [-0.2, 0) is 4.79 Å². The van der Waals surface area contributed by atoms with Crippen LogP contribution in [-0.4, -0.2) is 38.7 Å². The number of aromatic nitrogens is 3. The second-order valence-electron chi connectivity index (χ2n) is 6.13. The molecule has 0 N–H and O–H groups in total. The maximum absolute atomic E-state index is 12.5. The fraction of sp³-hybridized carbons (Fsp3) is 0.812. The Hall–Kier alpha value is -1.39. The molecule has 118 valence electrons. The molecule has 5 heteroatoms. The monoisotopic (exact) mass is 292 g/mol. The van der Waals surface area contributed by atoms with Crippen molar-refractivity contribution in [3.8, 4) is 0 Å². The molecule has 1 saturated heterocycles. The van der Waals surface area contributed by atoms with Gasteiger partial charge in [-0.1, -0.05) is 33.1 Å². The van der Waals surface area contributed by atoms with E-state index in [4.69, 9.17) is 0 Å². The molecule has 0 radical (unpaired) electrons. The molecule has 1 aliphatic heterocycles. The van der Waals surface area contributed by atoms with Crippen molar-refractivity contribution >= 4 is 5.91 Å². The Morgan fingerprint density at radius 3 is 2.95 bits per heavy atom. The van der Waals surface area contributed by atoms with Gasteiger partial charge < -0.3 is 4.90 Å². The SMILES string of the molecule is CCCCC(CC)CC(=O)N1CCCC(n2cncn2)C1. The molecular weight excluding hydrogens is 264 g/mol. The Morgan fingerprint density at radius 2 is 2.29 bits per heavy atom. The first-order chi connectivity index (χ1) is 10.2. The van der Waals surface area contributed by atoms with Gasteiger partial charge in [-0.15, -0.1) is 0 Å². The van der Waals surface area contributed by atoms with Gasteiger partial charge in [-0.2, -0.15) is 5.10 Å². The molecule has 1 aliphatic rings. The normalized spacial score (nSPS) is 20.5.